The molecule has 0 fully saturated rings. The summed E-state index contributed by atoms with van der Waals surface area (Å²) in [6.07, 6.45) is 0. The van der Waals surface area contributed by atoms with E-state index < -0.39 is 27.2 Å². The van der Waals surface area contributed by atoms with Gasteiger partial charge in [0.25, 0.3) is 11.5 Å². The molecule has 11 heteroatoms. The molecule has 0 bridgehead atoms. The number of anilines is 1. The minimum atomic E-state index is -3.67. The number of carbonyl (C=O) groups is 1. The minimum Gasteiger partial charge on any atom is -0.320 e. The molecule has 0 spiro atoms. The van der Waals surface area contributed by atoms with Gasteiger partial charge in [0.1, 0.15) is 11.3 Å². The van der Waals surface area contributed by atoms with Crippen molar-refractivity contribution in [2.45, 2.75) is 11.8 Å². The fourth-order valence-electron chi connectivity index (χ4n) is 2.87. The summed E-state index contributed by atoms with van der Waals surface area (Å²) in [5, 5.41) is 2.85. The van der Waals surface area contributed by atoms with Gasteiger partial charge in [0.15, 0.2) is 0 Å². The third-order valence-corrected chi connectivity index (χ3v) is 6.58. The second kappa shape index (κ2) is 7.50. The molecule has 0 saturated heterocycles. The first-order valence-electron chi connectivity index (χ1n) is 8.86. The average molecular weight is 431 g/mol. The molecule has 0 unspecified atom stereocenters. The van der Waals surface area contributed by atoms with Crippen LogP contribution in [0.1, 0.15) is 16.1 Å². The summed E-state index contributed by atoms with van der Waals surface area (Å²) in [6, 6.07) is 7.22. The maximum Gasteiger partial charge on any atom is 0.332 e. The molecule has 30 heavy (non-hydrogen) atoms. The molecular formula is C19H21N5O5S. The smallest absolute Gasteiger partial charge is 0.320 e. The Kier molecular flexibility index (Phi) is 5.35. The summed E-state index contributed by atoms with van der Waals surface area (Å²) in [5.74, 6) is -0.604. The van der Waals surface area contributed by atoms with Crippen molar-refractivity contribution >= 4 is 32.7 Å². The fraction of sp³-hybridized carbons (Fsp3) is 0.263. The quantitative estimate of drug-likeness (QED) is 0.640. The second-order valence-corrected chi connectivity index (χ2v) is 9.14. The zero-order valence-electron chi connectivity index (χ0n) is 17.1. The number of pyridine rings is 1. The molecule has 0 saturated carbocycles. The molecule has 10 nitrogen and oxygen atoms in total. The lowest BCUT2D eigenvalue weighted by atomic mass is 10.2. The Hall–Kier alpha value is -3.31. The standard InChI is InChI=1S/C19H21N5O5S/c1-11-6-7-12(30(28,29)22(2)3)10-15(11)21-17(25)14-9-8-13-16(20-14)23(4)19(27)24(5)18(13)26/h6-10H,1-5H3,(H,21,25). The first-order chi connectivity index (χ1) is 13.9. The number of benzene rings is 1. The van der Waals surface area contributed by atoms with Crippen LogP contribution in [0.3, 0.4) is 0 Å². The van der Waals surface area contributed by atoms with Crippen LogP contribution < -0.4 is 16.6 Å². The van der Waals surface area contributed by atoms with Gasteiger partial charge in [0.05, 0.1) is 10.3 Å². The number of hydrogen-bond acceptors (Lipinski definition) is 6. The van der Waals surface area contributed by atoms with Crippen molar-refractivity contribution in [3.8, 4) is 0 Å². The van der Waals surface area contributed by atoms with Gasteiger partial charge in [0, 0.05) is 33.9 Å². The number of aromatic nitrogens is 3. The van der Waals surface area contributed by atoms with Crippen molar-refractivity contribution < 1.29 is 13.2 Å². The number of rotatable bonds is 4. The van der Waals surface area contributed by atoms with Gasteiger partial charge in [-0.25, -0.2) is 22.5 Å². The minimum absolute atomic E-state index is 0.0222. The summed E-state index contributed by atoms with van der Waals surface area (Å²) < 4.78 is 28.0. The molecule has 1 N–H and O–H groups in total. The lowest BCUT2D eigenvalue weighted by Gasteiger charge is -2.14. The van der Waals surface area contributed by atoms with Crippen LogP contribution in [0.15, 0.2) is 44.8 Å². The lowest BCUT2D eigenvalue weighted by Crippen LogP contribution is -2.37. The highest BCUT2D eigenvalue weighted by Crippen LogP contribution is 2.22. The van der Waals surface area contributed by atoms with Crippen molar-refractivity contribution in [2.75, 3.05) is 19.4 Å². The molecule has 0 aliphatic rings. The normalized spacial score (nSPS) is 11.8. The summed E-state index contributed by atoms with van der Waals surface area (Å²) in [7, 11) is 1.98. The summed E-state index contributed by atoms with van der Waals surface area (Å²) in [5.41, 5.74) is -0.0479. The molecule has 3 rings (SSSR count). The van der Waals surface area contributed by atoms with Crippen LogP contribution in [0, 0.1) is 6.92 Å². The van der Waals surface area contributed by atoms with Gasteiger partial charge < -0.3 is 5.32 Å². The van der Waals surface area contributed by atoms with Crippen LogP contribution >= 0.6 is 0 Å². The Morgan fingerprint density at radius 1 is 1.07 bits per heavy atom. The number of nitrogens with one attached hydrogen (secondary N) is 1. The molecule has 0 aliphatic heterocycles. The molecule has 2 heterocycles. The SMILES string of the molecule is Cc1ccc(S(=O)(=O)N(C)C)cc1NC(=O)c1ccc2c(=O)n(C)c(=O)n(C)c2n1. The van der Waals surface area contributed by atoms with Crippen molar-refractivity contribution in [3.05, 3.63) is 62.4 Å². The molecule has 0 atom stereocenters. The van der Waals surface area contributed by atoms with E-state index in [2.05, 4.69) is 10.3 Å². The van der Waals surface area contributed by atoms with E-state index in [1.54, 1.807) is 13.0 Å². The third kappa shape index (κ3) is 3.53. The molecule has 3 aromatic rings. The first-order valence-corrected chi connectivity index (χ1v) is 10.3. The van der Waals surface area contributed by atoms with Crippen LogP contribution in [0.2, 0.25) is 0 Å². The molecule has 1 amide bonds. The lowest BCUT2D eigenvalue weighted by molar-refractivity contribution is 0.102. The molecular weight excluding hydrogens is 410 g/mol. The molecule has 0 aliphatic carbocycles. The topological polar surface area (TPSA) is 123 Å². The molecule has 158 valence electrons. The number of fused-ring (bicyclic) bond motifs is 1. The van der Waals surface area contributed by atoms with E-state index in [-0.39, 0.29) is 21.6 Å². The van der Waals surface area contributed by atoms with Crippen molar-refractivity contribution in [3.63, 3.8) is 0 Å². The average Bonchev–Trinajstić information content (AvgIpc) is 2.71. The Labute approximate surface area is 172 Å². The zero-order chi connectivity index (χ0) is 22.4. The summed E-state index contributed by atoms with van der Waals surface area (Å²) >= 11 is 0. The zero-order valence-corrected chi connectivity index (χ0v) is 17.9. The monoisotopic (exact) mass is 431 g/mol. The van der Waals surface area contributed by atoms with E-state index in [0.29, 0.717) is 11.3 Å². The maximum atomic E-state index is 12.7. The highest BCUT2D eigenvalue weighted by Gasteiger charge is 2.20. The number of carbonyl (C=O) groups excluding carboxylic acids is 1. The summed E-state index contributed by atoms with van der Waals surface area (Å²) in [4.78, 5) is 41.3. The van der Waals surface area contributed by atoms with Crippen LogP contribution in [-0.2, 0) is 24.1 Å². The molecule has 1 aromatic carbocycles. The van der Waals surface area contributed by atoms with Crippen LogP contribution in [0.4, 0.5) is 5.69 Å². The molecule has 0 radical (unpaired) electrons. The Bertz CT molecular complexity index is 1400. The second-order valence-electron chi connectivity index (χ2n) is 6.99. The van der Waals surface area contributed by atoms with E-state index in [1.165, 1.54) is 57.0 Å². The van der Waals surface area contributed by atoms with Crippen molar-refractivity contribution in [1.82, 2.24) is 18.4 Å². The third-order valence-electron chi connectivity index (χ3n) is 4.77. The summed E-state index contributed by atoms with van der Waals surface area (Å²) in [6.45, 7) is 1.73. The van der Waals surface area contributed by atoms with Gasteiger partial charge in [-0.05, 0) is 36.8 Å². The highest BCUT2D eigenvalue weighted by atomic mass is 32.2. The van der Waals surface area contributed by atoms with Gasteiger partial charge in [-0.15, -0.1) is 0 Å². The van der Waals surface area contributed by atoms with Crippen molar-refractivity contribution in [1.29, 1.82) is 0 Å². The number of nitrogens with zero attached hydrogens (tertiary/aromatic N) is 4. The van der Waals surface area contributed by atoms with Gasteiger partial charge in [-0.1, -0.05) is 6.07 Å². The Balaban J connectivity index is 2.04. The molecule has 2 aromatic heterocycles. The van der Waals surface area contributed by atoms with Gasteiger partial charge >= 0.3 is 5.69 Å². The van der Waals surface area contributed by atoms with Crippen LogP contribution in [0.25, 0.3) is 11.0 Å². The Morgan fingerprint density at radius 2 is 1.73 bits per heavy atom. The number of aryl methyl sites for hydroxylation is 2. The van der Waals surface area contributed by atoms with Crippen LogP contribution in [0.5, 0.6) is 0 Å². The maximum absolute atomic E-state index is 12.7. The fourth-order valence-corrected chi connectivity index (χ4v) is 3.80. The van der Waals surface area contributed by atoms with Gasteiger partial charge in [-0.2, -0.15) is 0 Å². The van der Waals surface area contributed by atoms with E-state index in [1.807, 2.05) is 0 Å². The number of sulfonamides is 1. The van der Waals surface area contributed by atoms with E-state index >= 15 is 0 Å². The van der Waals surface area contributed by atoms with E-state index in [9.17, 15) is 22.8 Å². The highest BCUT2D eigenvalue weighted by molar-refractivity contribution is 7.89. The van der Waals surface area contributed by atoms with Gasteiger partial charge in [0.2, 0.25) is 10.0 Å². The van der Waals surface area contributed by atoms with Crippen molar-refractivity contribution in [2.24, 2.45) is 14.1 Å². The number of amides is 1. The predicted octanol–water partition coefficient (Wildman–Crippen LogP) is 0.443. The number of hydrogen-bond donors (Lipinski definition) is 1. The Morgan fingerprint density at radius 3 is 2.37 bits per heavy atom. The van der Waals surface area contributed by atoms with E-state index in [4.69, 9.17) is 0 Å². The van der Waals surface area contributed by atoms with Gasteiger partial charge in [-0.3, -0.25) is 18.7 Å². The largest absolute Gasteiger partial charge is 0.332 e. The predicted molar refractivity (Wildman–Crippen MR) is 112 cm³/mol. The van der Waals surface area contributed by atoms with Crippen LogP contribution in [-0.4, -0.2) is 46.8 Å². The first kappa shape index (κ1) is 21.4. The van der Waals surface area contributed by atoms with E-state index in [0.717, 1.165) is 8.87 Å².